The summed E-state index contributed by atoms with van der Waals surface area (Å²) in [6.45, 7) is 7.54. The molecule has 0 bridgehead atoms. The maximum Gasteiger partial charge on any atom is 0.407 e. The largest absolute Gasteiger partial charge is 0.444 e. The molecule has 0 radical (unpaired) electrons. The highest BCUT2D eigenvalue weighted by Gasteiger charge is 2.38. The number of nitrogens with one attached hydrogen (secondary N) is 1. The van der Waals surface area contributed by atoms with E-state index in [1.54, 1.807) is 30.3 Å². The average Bonchev–Trinajstić information content (AvgIpc) is 3.07. The smallest absolute Gasteiger partial charge is 0.407 e. The quantitative estimate of drug-likeness (QED) is 0.420. The summed E-state index contributed by atoms with van der Waals surface area (Å²) in [6.07, 6.45) is -0.497. The van der Waals surface area contributed by atoms with Crippen LogP contribution in [-0.4, -0.2) is 28.4 Å². The number of halogens is 1. The van der Waals surface area contributed by atoms with Crippen molar-refractivity contribution in [1.29, 1.82) is 0 Å². The van der Waals surface area contributed by atoms with Gasteiger partial charge in [-0.1, -0.05) is 54.1 Å². The second-order valence-corrected chi connectivity index (χ2v) is 9.92. The first kappa shape index (κ1) is 24.5. The molecule has 0 saturated heterocycles. The van der Waals surface area contributed by atoms with Gasteiger partial charge >= 0.3 is 6.09 Å². The molecule has 3 aromatic carbocycles. The Kier molecular flexibility index (Phi) is 6.68. The van der Waals surface area contributed by atoms with Crippen LogP contribution in [0, 0.1) is 0 Å². The first-order valence-corrected chi connectivity index (χ1v) is 11.8. The number of nitrogens with zero attached hydrogens (tertiary/aromatic N) is 1. The average molecular weight is 491 g/mol. The molecule has 35 heavy (non-hydrogen) atoms. The topological polar surface area (TPSA) is 75.7 Å². The van der Waals surface area contributed by atoms with Crippen LogP contribution in [0.2, 0.25) is 5.02 Å². The van der Waals surface area contributed by atoms with E-state index in [0.717, 1.165) is 22.3 Å². The van der Waals surface area contributed by atoms with E-state index in [-0.39, 0.29) is 18.4 Å². The summed E-state index contributed by atoms with van der Waals surface area (Å²) in [5.41, 5.74) is 3.75. The lowest BCUT2D eigenvalue weighted by molar-refractivity contribution is 0.0521. The van der Waals surface area contributed by atoms with Gasteiger partial charge in [0.2, 0.25) is 0 Å². The first-order valence-electron chi connectivity index (χ1n) is 11.4. The Morgan fingerprint density at radius 1 is 0.943 bits per heavy atom. The van der Waals surface area contributed by atoms with Gasteiger partial charge in [-0.25, -0.2) is 4.79 Å². The van der Waals surface area contributed by atoms with Crippen LogP contribution in [-0.2, 0) is 11.3 Å². The van der Waals surface area contributed by atoms with Gasteiger partial charge in [-0.05, 0) is 74.2 Å². The minimum Gasteiger partial charge on any atom is -0.444 e. The molecule has 4 rings (SSSR count). The number of benzene rings is 3. The third-order valence-electron chi connectivity index (χ3n) is 5.81. The molecule has 7 heteroatoms. The van der Waals surface area contributed by atoms with Crippen LogP contribution in [0.4, 0.5) is 4.79 Å². The molecule has 3 aromatic rings. The summed E-state index contributed by atoms with van der Waals surface area (Å²) in [5, 5.41) is 3.36. The Morgan fingerprint density at radius 3 is 2.11 bits per heavy atom. The molecule has 1 aliphatic rings. The number of amides is 3. The van der Waals surface area contributed by atoms with Crippen molar-refractivity contribution < 1.29 is 19.1 Å². The molecule has 1 heterocycles. The molecule has 0 saturated carbocycles. The predicted molar refractivity (Wildman–Crippen MR) is 135 cm³/mol. The Balaban J connectivity index is 1.54. The molecule has 0 aliphatic carbocycles. The zero-order valence-electron chi connectivity index (χ0n) is 20.1. The number of fused-ring (bicyclic) bond motifs is 1. The molecule has 3 amide bonds. The van der Waals surface area contributed by atoms with E-state index in [0.29, 0.717) is 16.1 Å². The third-order valence-corrected chi connectivity index (χ3v) is 6.05. The van der Waals surface area contributed by atoms with Crippen LogP contribution in [0.15, 0.2) is 66.7 Å². The number of rotatable bonds is 5. The number of ether oxygens (including phenoxy) is 1. The highest BCUT2D eigenvalue weighted by Crippen LogP contribution is 2.33. The lowest BCUT2D eigenvalue weighted by Crippen LogP contribution is -2.32. The maximum atomic E-state index is 12.9. The Hall–Kier alpha value is -3.64. The zero-order valence-corrected chi connectivity index (χ0v) is 20.8. The monoisotopic (exact) mass is 490 g/mol. The summed E-state index contributed by atoms with van der Waals surface area (Å²) in [4.78, 5) is 39.1. The van der Waals surface area contributed by atoms with E-state index < -0.39 is 17.7 Å². The van der Waals surface area contributed by atoms with Crippen molar-refractivity contribution in [3.63, 3.8) is 0 Å². The summed E-state index contributed by atoms with van der Waals surface area (Å²) in [6, 6.07) is 19.6. The minimum absolute atomic E-state index is 0.272. The van der Waals surface area contributed by atoms with Crippen molar-refractivity contribution in [3.05, 3.63) is 94.0 Å². The van der Waals surface area contributed by atoms with Crippen LogP contribution in [0.25, 0.3) is 11.1 Å². The van der Waals surface area contributed by atoms with E-state index in [2.05, 4.69) is 5.32 Å². The second kappa shape index (κ2) is 9.55. The molecule has 6 nitrogen and oxygen atoms in total. The molecule has 1 atom stereocenters. The number of alkyl carbamates (subject to hydrolysis) is 1. The van der Waals surface area contributed by atoms with E-state index in [4.69, 9.17) is 16.3 Å². The lowest BCUT2D eigenvalue weighted by Gasteiger charge is -2.23. The fourth-order valence-corrected chi connectivity index (χ4v) is 4.28. The van der Waals surface area contributed by atoms with Crippen LogP contribution in [0.3, 0.4) is 0 Å². The van der Waals surface area contributed by atoms with Crippen molar-refractivity contribution in [2.45, 2.75) is 45.9 Å². The summed E-state index contributed by atoms with van der Waals surface area (Å²) in [5.74, 6) is -0.569. The standard InChI is InChI=1S/C28H27ClN2O4/c1-17(31-25(32)22-7-5-6-8-23(22)26(31)33)18-9-11-19(12-10-18)24-15-21(29)14-13-20(24)16-30-27(34)35-28(2,3)4/h5-15,17H,16H2,1-4H3,(H,30,34)/t17-/m1/s1. The molecular weight excluding hydrogens is 464 g/mol. The van der Waals surface area contributed by atoms with Gasteiger partial charge in [0.15, 0.2) is 0 Å². The van der Waals surface area contributed by atoms with Gasteiger partial charge in [0.25, 0.3) is 11.8 Å². The van der Waals surface area contributed by atoms with Gasteiger partial charge in [0.05, 0.1) is 17.2 Å². The molecule has 0 spiro atoms. The maximum absolute atomic E-state index is 12.9. The molecular formula is C28H27ClN2O4. The fraction of sp³-hybridized carbons (Fsp3) is 0.250. The van der Waals surface area contributed by atoms with Gasteiger partial charge in [-0.15, -0.1) is 0 Å². The SMILES string of the molecule is C[C@H](c1ccc(-c2cc(Cl)ccc2CNC(=O)OC(C)(C)C)cc1)N1C(=O)c2ccccc2C1=O. The normalized spacial score (nSPS) is 14.0. The Labute approximate surface area is 209 Å². The molecule has 1 aliphatic heterocycles. The highest BCUT2D eigenvalue weighted by atomic mass is 35.5. The molecule has 0 aromatic heterocycles. The third kappa shape index (κ3) is 5.23. The number of hydrogen-bond donors (Lipinski definition) is 1. The van der Waals surface area contributed by atoms with Crippen LogP contribution >= 0.6 is 11.6 Å². The number of hydrogen-bond acceptors (Lipinski definition) is 4. The molecule has 1 N–H and O–H groups in total. The summed E-state index contributed by atoms with van der Waals surface area (Å²) < 4.78 is 5.32. The van der Waals surface area contributed by atoms with Gasteiger partial charge in [0.1, 0.15) is 5.60 Å². The number of imide groups is 1. The van der Waals surface area contributed by atoms with Crippen molar-refractivity contribution in [2.75, 3.05) is 0 Å². The number of carbonyl (C=O) groups is 3. The van der Waals surface area contributed by atoms with Crippen LogP contribution in [0.1, 0.15) is 65.6 Å². The number of carbonyl (C=O) groups excluding carboxylic acids is 3. The second-order valence-electron chi connectivity index (χ2n) is 9.48. The van der Waals surface area contributed by atoms with Crippen molar-refractivity contribution >= 4 is 29.5 Å². The molecule has 0 fully saturated rings. The van der Waals surface area contributed by atoms with Crippen molar-refractivity contribution in [1.82, 2.24) is 10.2 Å². The predicted octanol–water partition coefficient (Wildman–Crippen LogP) is 6.39. The zero-order chi connectivity index (χ0) is 25.3. The highest BCUT2D eigenvalue weighted by molar-refractivity contribution is 6.30. The van der Waals surface area contributed by atoms with Crippen molar-refractivity contribution in [3.8, 4) is 11.1 Å². The lowest BCUT2D eigenvalue weighted by atomic mass is 9.97. The molecule has 0 unspecified atom stereocenters. The Bertz CT molecular complexity index is 1260. The van der Waals surface area contributed by atoms with Crippen LogP contribution in [0.5, 0.6) is 0 Å². The van der Waals surface area contributed by atoms with E-state index in [1.165, 1.54) is 4.90 Å². The van der Waals surface area contributed by atoms with Gasteiger partial charge in [0, 0.05) is 11.6 Å². The fourth-order valence-electron chi connectivity index (χ4n) is 4.10. The van der Waals surface area contributed by atoms with E-state index in [1.807, 2.05) is 64.1 Å². The van der Waals surface area contributed by atoms with Crippen molar-refractivity contribution in [2.24, 2.45) is 0 Å². The van der Waals surface area contributed by atoms with E-state index in [9.17, 15) is 14.4 Å². The molecule has 180 valence electrons. The first-order chi connectivity index (χ1) is 16.5. The minimum atomic E-state index is -0.584. The Morgan fingerprint density at radius 2 is 1.54 bits per heavy atom. The van der Waals surface area contributed by atoms with Crippen LogP contribution < -0.4 is 5.32 Å². The van der Waals surface area contributed by atoms with Gasteiger partial charge < -0.3 is 10.1 Å². The summed E-state index contributed by atoms with van der Waals surface area (Å²) in [7, 11) is 0. The summed E-state index contributed by atoms with van der Waals surface area (Å²) >= 11 is 6.27. The van der Waals surface area contributed by atoms with E-state index >= 15 is 0 Å². The van der Waals surface area contributed by atoms with Gasteiger partial charge in [-0.2, -0.15) is 0 Å². The van der Waals surface area contributed by atoms with Gasteiger partial charge in [-0.3, -0.25) is 14.5 Å².